The maximum atomic E-state index is 2.42. The van der Waals surface area contributed by atoms with Gasteiger partial charge in [-0.3, -0.25) is 0 Å². The van der Waals surface area contributed by atoms with Gasteiger partial charge in [-0.2, -0.15) is 0 Å². The SMILES string of the molecule is CC[C@H](C)C[N+]1(C)CCCC1.[Br-]. The number of hydrogen-bond acceptors (Lipinski definition) is 0. The summed E-state index contributed by atoms with van der Waals surface area (Å²) in [5, 5.41) is 0. The van der Waals surface area contributed by atoms with E-state index in [1.807, 2.05) is 0 Å². The molecular formula is C10H22BrN. The van der Waals surface area contributed by atoms with Crippen molar-refractivity contribution in [3.05, 3.63) is 0 Å². The highest BCUT2D eigenvalue weighted by Crippen LogP contribution is 2.19. The molecule has 0 aromatic rings. The lowest BCUT2D eigenvalue weighted by Gasteiger charge is -2.31. The molecule has 1 saturated heterocycles. The highest BCUT2D eigenvalue weighted by molar-refractivity contribution is 4.55. The van der Waals surface area contributed by atoms with Crippen molar-refractivity contribution in [3.63, 3.8) is 0 Å². The summed E-state index contributed by atoms with van der Waals surface area (Å²) in [6.07, 6.45) is 4.24. The monoisotopic (exact) mass is 235 g/mol. The summed E-state index contributed by atoms with van der Waals surface area (Å²) in [4.78, 5) is 0. The summed E-state index contributed by atoms with van der Waals surface area (Å²) in [5.41, 5.74) is 0. The van der Waals surface area contributed by atoms with Crippen LogP contribution in [0.1, 0.15) is 33.1 Å². The summed E-state index contributed by atoms with van der Waals surface area (Å²) in [5.74, 6) is 0.915. The molecular weight excluding hydrogens is 214 g/mol. The van der Waals surface area contributed by atoms with Crippen LogP contribution in [0.25, 0.3) is 0 Å². The fourth-order valence-electron chi connectivity index (χ4n) is 2.16. The van der Waals surface area contributed by atoms with Gasteiger partial charge < -0.3 is 21.5 Å². The number of nitrogens with zero attached hydrogens (tertiary/aromatic N) is 1. The highest BCUT2D eigenvalue weighted by atomic mass is 79.9. The molecule has 0 saturated carbocycles. The minimum Gasteiger partial charge on any atom is -1.00 e. The fraction of sp³-hybridized carbons (Fsp3) is 1.00. The van der Waals surface area contributed by atoms with Gasteiger partial charge in [0.1, 0.15) is 0 Å². The molecule has 0 aromatic carbocycles. The molecule has 74 valence electrons. The largest absolute Gasteiger partial charge is 1.00 e. The number of rotatable bonds is 3. The van der Waals surface area contributed by atoms with E-state index >= 15 is 0 Å². The molecule has 0 bridgehead atoms. The molecule has 0 spiro atoms. The van der Waals surface area contributed by atoms with Crippen LogP contribution in [0.2, 0.25) is 0 Å². The second kappa shape index (κ2) is 5.23. The van der Waals surface area contributed by atoms with Crippen molar-refractivity contribution in [1.29, 1.82) is 0 Å². The van der Waals surface area contributed by atoms with Crippen molar-refractivity contribution in [2.24, 2.45) is 5.92 Å². The molecule has 1 rings (SSSR count). The van der Waals surface area contributed by atoms with Gasteiger partial charge >= 0.3 is 0 Å². The third kappa shape index (κ3) is 3.44. The lowest BCUT2D eigenvalue weighted by atomic mass is 10.1. The van der Waals surface area contributed by atoms with Gasteiger partial charge in [-0.15, -0.1) is 0 Å². The van der Waals surface area contributed by atoms with Crippen molar-refractivity contribution in [3.8, 4) is 0 Å². The van der Waals surface area contributed by atoms with Crippen molar-refractivity contribution in [1.82, 2.24) is 0 Å². The number of quaternary nitrogens is 1. The lowest BCUT2D eigenvalue weighted by Crippen LogP contribution is -3.00. The molecule has 1 aliphatic heterocycles. The van der Waals surface area contributed by atoms with Crippen LogP contribution in [0, 0.1) is 5.92 Å². The van der Waals surface area contributed by atoms with Crippen LogP contribution in [0.5, 0.6) is 0 Å². The minimum atomic E-state index is 0. The second-order valence-corrected chi connectivity index (χ2v) is 4.47. The van der Waals surface area contributed by atoms with Gasteiger partial charge in [-0.25, -0.2) is 0 Å². The predicted molar refractivity (Wildman–Crippen MR) is 49.5 cm³/mol. The molecule has 0 aromatic heterocycles. The van der Waals surface area contributed by atoms with Crippen LogP contribution < -0.4 is 17.0 Å². The molecule has 1 fully saturated rings. The first-order valence-electron chi connectivity index (χ1n) is 5.00. The van der Waals surface area contributed by atoms with E-state index in [1.54, 1.807) is 0 Å². The molecule has 1 nitrogen and oxygen atoms in total. The molecule has 0 aliphatic carbocycles. The van der Waals surface area contributed by atoms with Crippen LogP contribution in [0.15, 0.2) is 0 Å². The Hall–Kier alpha value is 0.440. The van der Waals surface area contributed by atoms with E-state index in [-0.39, 0.29) is 17.0 Å². The summed E-state index contributed by atoms with van der Waals surface area (Å²) in [6.45, 7) is 8.92. The zero-order valence-corrected chi connectivity index (χ0v) is 10.2. The first kappa shape index (κ1) is 12.4. The van der Waals surface area contributed by atoms with Gasteiger partial charge in [0, 0.05) is 18.8 Å². The fourth-order valence-corrected chi connectivity index (χ4v) is 2.16. The molecule has 0 unspecified atom stereocenters. The van der Waals surface area contributed by atoms with E-state index in [2.05, 4.69) is 20.9 Å². The molecule has 1 heterocycles. The first-order chi connectivity index (χ1) is 5.16. The van der Waals surface area contributed by atoms with E-state index in [0.717, 1.165) is 5.92 Å². The Morgan fingerprint density at radius 1 is 1.25 bits per heavy atom. The van der Waals surface area contributed by atoms with Crippen molar-refractivity contribution < 1.29 is 21.5 Å². The summed E-state index contributed by atoms with van der Waals surface area (Å²) in [6, 6.07) is 0. The van der Waals surface area contributed by atoms with E-state index < -0.39 is 0 Å². The van der Waals surface area contributed by atoms with Crippen LogP contribution in [0.4, 0.5) is 0 Å². The van der Waals surface area contributed by atoms with Crippen LogP contribution in [-0.2, 0) is 0 Å². The first-order valence-corrected chi connectivity index (χ1v) is 5.00. The number of likely N-dealkylation sites (tertiary alicyclic amines) is 1. The Morgan fingerprint density at radius 2 is 1.75 bits per heavy atom. The zero-order valence-electron chi connectivity index (χ0n) is 8.65. The minimum absolute atomic E-state index is 0. The Balaban J connectivity index is 0.00000121. The molecule has 2 heteroatoms. The average molecular weight is 236 g/mol. The summed E-state index contributed by atoms with van der Waals surface area (Å²) < 4.78 is 1.34. The van der Waals surface area contributed by atoms with Crippen LogP contribution in [-0.4, -0.2) is 31.2 Å². The van der Waals surface area contributed by atoms with E-state index in [9.17, 15) is 0 Å². The Labute approximate surface area is 87.5 Å². The van der Waals surface area contributed by atoms with E-state index in [0.29, 0.717) is 0 Å². The van der Waals surface area contributed by atoms with Gasteiger partial charge in [-0.1, -0.05) is 13.8 Å². The smallest absolute Gasteiger partial charge is 0.0810 e. The molecule has 0 N–H and O–H groups in total. The molecule has 0 radical (unpaired) electrons. The standard InChI is InChI=1S/C10H22N.BrH/c1-4-10(2)9-11(3)7-5-6-8-11;/h10H,4-9H2,1-3H3;1H/q+1;/p-1/t10-;/m0./s1. The Morgan fingerprint density at radius 3 is 2.17 bits per heavy atom. The lowest BCUT2D eigenvalue weighted by molar-refractivity contribution is -0.900. The predicted octanol–water partition coefficient (Wildman–Crippen LogP) is -0.723. The topological polar surface area (TPSA) is 0 Å². The Kier molecular flexibility index (Phi) is 5.42. The molecule has 1 atom stereocenters. The van der Waals surface area contributed by atoms with Crippen molar-refractivity contribution in [2.75, 3.05) is 26.7 Å². The summed E-state index contributed by atoms with van der Waals surface area (Å²) >= 11 is 0. The Bertz CT molecular complexity index is 119. The third-order valence-corrected chi connectivity index (χ3v) is 3.10. The number of halogens is 1. The van der Waals surface area contributed by atoms with Crippen LogP contribution >= 0.6 is 0 Å². The zero-order chi connectivity index (χ0) is 8.32. The van der Waals surface area contributed by atoms with Crippen LogP contribution in [0.3, 0.4) is 0 Å². The van der Waals surface area contributed by atoms with Gasteiger partial charge in [0.25, 0.3) is 0 Å². The van der Waals surface area contributed by atoms with Gasteiger partial charge in [0.05, 0.1) is 26.7 Å². The van der Waals surface area contributed by atoms with E-state index in [4.69, 9.17) is 0 Å². The third-order valence-electron chi connectivity index (χ3n) is 3.10. The summed E-state index contributed by atoms with van der Waals surface area (Å²) in [7, 11) is 2.42. The molecule has 0 amide bonds. The van der Waals surface area contributed by atoms with Crippen molar-refractivity contribution in [2.45, 2.75) is 33.1 Å². The van der Waals surface area contributed by atoms with E-state index in [1.165, 1.54) is 43.4 Å². The molecule has 1 aliphatic rings. The normalized spacial score (nSPS) is 23.2. The molecule has 12 heavy (non-hydrogen) atoms. The second-order valence-electron chi connectivity index (χ2n) is 4.47. The maximum Gasteiger partial charge on any atom is 0.0810 e. The number of hydrogen-bond donors (Lipinski definition) is 0. The van der Waals surface area contributed by atoms with Gasteiger partial charge in [-0.05, 0) is 6.42 Å². The van der Waals surface area contributed by atoms with Gasteiger partial charge in [0.2, 0.25) is 0 Å². The quantitative estimate of drug-likeness (QED) is 0.567. The maximum absolute atomic E-state index is 2.42. The highest BCUT2D eigenvalue weighted by Gasteiger charge is 2.27. The van der Waals surface area contributed by atoms with Gasteiger partial charge in [0.15, 0.2) is 0 Å². The average Bonchev–Trinajstić information content (AvgIpc) is 2.36. The van der Waals surface area contributed by atoms with Crippen molar-refractivity contribution >= 4 is 0 Å².